The first-order valence-electron chi connectivity index (χ1n) is 9.76. The van der Waals surface area contributed by atoms with Crippen LogP contribution in [0.3, 0.4) is 0 Å². The maximum Gasteiger partial charge on any atom is 0.246 e. The van der Waals surface area contributed by atoms with Gasteiger partial charge in [-0.05, 0) is 24.3 Å². The Labute approximate surface area is 181 Å². The van der Waals surface area contributed by atoms with Gasteiger partial charge >= 0.3 is 0 Å². The van der Waals surface area contributed by atoms with Crippen molar-refractivity contribution >= 4 is 55.8 Å². The van der Waals surface area contributed by atoms with Crippen molar-refractivity contribution in [2.45, 2.75) is 13.5 Å². The van der Waals surface area contributed by atoms with Crippen molar-refractivity contribution in [3.8, 4) is 11.3 Å². The molecule has 0 saturated heterocycles. The second-order valence-electron chi connectivity index (χ2n) is 7.20. The van der Waals surface area contributed by atoms with Gasteiger partial charge in [0.05, 0.1) is 16.9 Å². The molecule has 3 heterocycles. The molecule has 3 N–H and O–H groups in total. The quantitative estimate of drug-likeness (QED) is 0.373. The molecule has 0 fully saturated rings. The molecule has 7 nitrogen and oxygen atoms in total. The van der Waals surface area contributed by atoms with Gasteiger partial charge in [0, 0.05) is 46.6 Å². The van der Waals surface area contributed by atoms with Crippen molar-refractivity contribution < 1.29 is 9.59 Å². The van der Waals surface area contributed by atoms with Gasteiger partial charge in [-0.1, -0.05) is 24.3 Å². The summed E-state index contributed by atoms with van der Waals surface area (Å²) in [6, 6.07) is 15.6. The summed E-state index contributed by atoms with van der Waals surface area (Å²) in [5.41, 5.74) is 4.49. The number of hydrogen-bond donors (Lipinski definition) is 3. The van der Waals surface area contributed by atoms with Gasteiger partial charge < -0.3 is 20.2 Å². The number of aromatic amines is 1. The van der Waals surface area contributed by atoms with Crippen LogP contribution in [0.2, 0.25) is 0 Å². The summed E-state index contributed by atoms with van der Waals surface area (Å²) in [6.45, 7) is 1.62. The number of amides is 2. The van der Waals surface area contributed by atoms with E-state index in [0.717, 1.165) is 38.8 Å². The van der Waals surface area contributed by atoms with E-state index in [1.54, 1.807) is 0 Å². The first-order valence-corrected chi connectivity index (χ1v) is 10.6. The highest BCUT2D eigenvalue weighted by Crippen LogP contribution is 2.31. The molecule has 31 heavy (non-hydrogen) atoms. The first kappa shape index (κ1) is 19.1. The standard InChI is InChI=1S/C23H19N5O2S/c1-14(29)25-19-7-4-8-21-16(19)9-10-28(21)12-22(30)27-23-26-20(13-31-23)17-11-24-18-6-3-2-5-15(17)18/h2-11,13,24H,12H2,1H3,(H,25,29)(H,26,27,30). The molecule has 8 heteroatoms. The fourth-order valence-electron chi connectivity index (χ4n) is 3.71. The van der Waals surface area contributed by atoms with Crippen LogP contribution in [0.1, 0.15) is 6.92 Å². The minimum Gasteiger partial charge on any atom is -0.360 e. The van der Waals surface area contributed by atoms with Crippen molar-refractivity contribution in [2.75, 3.05) is 10.6 Å². The van der Waals surface area contributed by atoms with Gasteiger partial charge in [-0.2, -0.15) is 0 Å². The molecule has 0 spiro atoms. The molecule has 3 aromatic heterocycles. The third-order valence-electron chi connectivity index (χ3n) is 5.05. The van der Waals surface area contributed by atoms with Gasteiger partial charge in [-0.25, -0.2) is 4.98 Å². The van der Waals surface area contributed by atoms with Crippen molar-refractivity contribution in [3.63, 3.8) is 0 Å². The highest BCUT2D eigenvalue weighted by molar-refractivity contribution is 7.14. The van der Waals surface area contributed by atoms with Crippen molar-refractivity contribution in [3.05, 3.63) is 66.3 Å². The number of carbonyl (C=O) groups excluding carboxylic acids is 2. The van der Waals surface area contributed by atoms with E-state index in [1.165, 1.54) is 18.3 Å². The van der Waals surface area contributed by atoms with Gasteiger partial charge in [-0.15, -0.1) is 11.3 Å². The fourth-order valence-corrected chi connectivity index (χ4v) is 4.44. The number of aromatic nitrogens is 3. The van der Waals surface area contributed by atoms with Crippen LogP contribution in [0, 0.1) is 0 Å². The number of anilines is 2. The molecule has 0 aliphatic rings. The van der Waals surface area contributed by atoms with E-state index in [2.05, 4.69) is 20.6 Å². The molecule has 154 valence electrons. The summed E-state index contributed by atoms with van der Waals surface area (Å²) in [4.78, 5) is 31.9. The minimum absolute atomic E-state index is 0.132. The van der Waals surface area contributed by atoms with Crippen LogP contribution in [0.5, 0.6) is 0 Å². The topological polar surface area (TPSA) is 91.8 Å². The Morgan fingerprint density at radius 1 is 1.06 bits per heavy atom. The summed E-state index contributed by atoms with van der Waals surface area (Å²) in [5.74, 6) is -0.296. The SMILES string of the molecule is CC(=O)Nc1cccc2c1ccn2CC(=O)Nc1nc(-c2c[nH]c3ccccc23)cs1. The lowest BCUT2D eigenvalue weighted by Gasteiger charge is -2.07. The lowest BCUT2D eigenvalue weighted by molar-refractivity contribution is -0.116. The first-order chi connectivity index (χ1) is 15.1. The third-order valence-corrected chi connectivity index (χ3v) is 5.81. The summed E-state index contributed by atoms with van der Waals surface area (Å²) in [5, 5.41) is 10.2. The smallest absolute Gasteiger partial charge is 0.246 e. The van der Waals surface area contributed by atoms with Crippen molar-refractivity contribution in [2.24, 2.45) is 0 Å². The lowest BCUT2D eigenvalue weighted by Crippen LogP contribution is -2.18. The van der Waals surface area contributed by atoms with Crippen LogP contribution in [0.4, 0.5) is 10.8 Å². The molecule has 5 rings (SSSR count). The number of rotatable bonds is 5. The number of thiazole rings is 1. The largest absolute Gasteiger partial charge is 0.360 e. The molecule has 0 unspecified atom stereocenters. The average molecular weight is 430 g/mol. The third kappa shape index (κ3) is 3.69. The average Bonchev–Trinajstić information content (AvgIpc) is 3.46. The predicted molar refractivity (Wildman–Crippen MR) is 124 cm³/mol. The minimum atomic E-state index is -0.165. The number of nitrogens with one attached hydrogen (secondary N) is 3. The molecular formula is C23H19N5O2S. The number of nitrogens with zero attached hydrogens (tertiary/aromatic N) is 2. The number of hydrogen-bond acceptors (Lipinski definition) is 4. The van der Waals surface area contributed by atoms with Gasteiger partial charge in [0.1, 0.15) is 6.54 Å². The van der Waals surface area contributed by atoms with Gasteiger partial charge in [0.25, 0.3) is 0 Å². The Bertz CT molecular complexity index is 1430. The fraction of sp³-hybridized carbons (Fsp3) is 0.0870. The number of fused-ring (bicyclic) bond motifs is 2. The molecule has 0 bridgehead atoms. The number of benzene rings is 2. The predicted octanol–water partition coefficient (Wildman–Crippen LogP) is 4.84. The Hall–Kier alpha value is -3.91. The zero-order valence-corrected chi connectivity index (χ0v) is 17.5. The second kappa shape index (κ2) is 7.73. The maximum absolute atomic E-state index is 12.7. The molecule has 2 amide bonds. The molecule has 0 aliphatic carbocycles. The van der Waals surface area contributed by atoms with Crippen LogP contribution < -0.4 is 10.6 Å². The molecule has 5 aromatic rings. The number of H-pyrrole nitrogens is 1. The Morgan fingerprint density at radius 2 is 1.94 bits per heavy atom. The van der Waals surface area contributed by atoms with Crippen LogP contribution in [-0.4, -0.2) is 26.3 Å². The Balaban J connectivity index is 1.33. The van der Waals surface area contributed by atoms with Gasteiger partial charge in [0.15, 0.2) is 5.13 Å². The number of carbonyl (C=O) groups is 2. The molecule has 0 atom stereocenters. The van der Waals surface area contributed by atoms with E-state index < -0.39 is 0 Å². The molecular weight excluding hydrogens is 410 g/mol. The summed E-state index contributed by atoms with van der Waals surface area (Å²) in [7, 11) is 0. The maximum atomic E-state index is 12.7. The monoisotopic (exact) mass is 429 g/mol. The summed E-state index contributed by atoms with van der Waals surface area (Å²) >= 11 is 1.40. The lowest BCUT2D eigenvalue weighted by atomic mass is 10.1. The van der Waals surface area contributed by atoms with Crippen LogP contribution in [-0.2, 0) is 16.1 Å². The number of para-hydroxylation sites is 1. The molecule has 0 saturated carbocycles. The van der Waals surface area contributed by atoms with Crippen molar-refractivity contribution in [1.82, 2.24) is 14.5 Å². The van der Waals surface area contributed by atoms with Crippen molar-refractivity contribution in [1.29, 1.82) is 0 Å². The molecule has 0 aliphatic heterocycles. The van der Waals surface area contributed by atoms with Gasteiger partial charge in [0.2, 0.25) is 11.8 Å². The van der Waals surface area contributed by atoms with Crippen LogP contribution >= 0.6 is 11.3 Å². The zero-order chi connectivity index (χ0) is 21.4. The highest BCUT2D eigenvalue weighted by atomic mass is 32.1. The molecule has 0 radical (unpaired) electrons. The highest BCUT2D eigenvalue weighted by Gasteiger charge is 2.13. The normalized spacial score (nSPS) is 11.1. The van der Waals surface area contributed by atoms with Crippen LogP contribution in [0.15, 0.2) is 66.3 Å². The van der Waals surface area contributed by atoms with E-state index in [0.29, 0.717) is 5.13 Å². The van der Waals surface area contributed by atoms with E-state index in [9.17, 15) is 9.59 Å². The Kier molecular flexibility index (Phi) is 4.76. The second-order valence-corrected chi connectivity index (χ2v) is 8.06. The summed E-state index contributed by atoms with van der Waals surface area (Å²) in [6.07, 6.45) is 3.78. The van der Waals surface area contributed by atoms with Gasteiger partial charge in [-0.3, -0.25) is 9.59 Å². The van der Waals surface area contributed by atoms with E-state index in [4.69, 9.17) is 0 Å². The molecule has 2 aromatic carbocycles. The van der Waals surface area contributed by atoms with E-state index in [-0.39, 0.29) is 18.4 Å². The van der Waals surface area contributed by atoms with E-state index >= 15 is 0 Å². The zero-order valence-electron chi connectivity index (χ0n) is 16.7. The van der Waals surface area contributed by atoms with E-state index in [1.807, 2.05) is 70.9 Å². The Morgan fingerprint density at radius 3 is 2.81 bits per heavy atom. The van der Waals surface area contributed by atoms with Crippen LogP contribution in [0.25, 0.3) is 33.1 Å². The summed E-state index contributed by atoms with van der Waals surface area (Å²) < 4.78 is 1.85.